The van der Waals surface area contributed by atoms with Gasteiger partial charge in [0.15, 0.2) is 0 Å². The molecule has 3 nitrogen and oxygen atoms in total. The lowest BCUT2D eigenvalue weighted by Gasteiger charge is -2.02. The molecule has 0 heterocycles. The van der Waals surface area contributed by atoms with Crippen LogP contribution in [0.25, 0.3) is 0 Å². The average Bonchev–Trinajstić information content (AvgIpc) is 2.15. The largest absolute Gasteiger partial charge is 0.496 e. The minimum absolute atomic E-state index is 0.801. The smallest absolute Gasteiger partial charge is 0.133 e. The second kappa shape index (κ2) is 4.87. The fourth-order valence-corrected chi connectivity index (χ4v) is 1.43. The fraction of sp³-hybridized carbons (Fsp3) is 0.222. The zero-order valence-electron chi connectivity index (χ0n) is 7.45. The molecule has 70 valence electrons. The second-order valence-electron chi connectivity index (χ2n) is 2.31. The number of halogens is 1. The van der Waals surface area contributed by atoms with Crippen LogP contribution in [0.15, 0.2) is 27.8 Å². The first-order valence-electron chi connectivity index (χ1n) is 3.68. The van der Waals surface area contributed by atoms with Crippen molar-refractivity contribution in [3.63, 3.8) is 0 Å². The van der Waals surface area contributed by atoms with Gasteiger partial charge in [0.1, 0.15) is 12.9 Å². The summed E-state index contributed by atoms with van der Waals surface area (Å²) >= 11 is 3.37. The number of methoxy groups -OCH3 is 1. The Hall–Kier alpha value is -1.03. The number of hydrogen-bond donors (Lipinski definition) is 0. The van der Waals surface area contributed by atoms with Gasteiger partial charge in [0, 0.05) is 0 Å². The van der Waals surface area contributed by atoms with Crippen molar-refractivity contribution in [2.45, 2.75) is 0 Å². The Morgan fingerprint density at radius 1 is 1.38 bits per heavy atom. The van der Waals surface area contributed by atoms with Crippen molar-refractivity contribution in [3.05, 3.63) is 28.2 Å². The summed E-state index contributed by atoms with van der Waals surface area (Å²) in [5.41, 5.74) is 0.953. The van der Waals surface area contributed by atoms with Crippen molar-refractivity contribution in [2.75, 3.05) is 14.2 Å². The molecule has 1 aromatic carbocycles. The summed E-state index contributed by atoms with van der Waals surface area (Å²) in [6.07, 6.45) is 1.63. The summed E-state index contributed by atoms with van der Waals surface area (Å²) in [7, 11) is 3.14. The Bertz CT molecular complexity index is 312. The van der Waals surface area contributed by atoms with E-state index < -0.39 is 0 Å². The van der Waals surface area contributed by atoms with Gasteiger partial charge in [-0.05, 0) is 39.7 Å². The lowest BCUT2D eigenvalue weighted by atomic mass is 10.2. The third-order valence-electron chi connectivity index (χ3n) is 1.48. The monoisotopic (exact) mass is 243 g/mol. The Morgan fingerprint density at radius 3 is 2.69 bits per heavy atom. The van der Waals surface area contributed by atoms with Crippen LogP contribution in [0.3, 0.4) is 0 Å². The van der Waals surface area contributed by atoms with E-state index in [2.05, 4.69) is 25.9 Å². The molecule has 0 aromatic heterocycles. The zero-order valence-corrected chi connectivity index (χ0v) is 9.04. The van der Waals surface area contributed by atoms with Crippen molar-refractivity contribution >= 4 is 22.1 Å². The van der Waals surface area contributed by atoms with Crippen LogP contribution in [0.1, 0.15) is 5.56 Å². The molecule has 0 spiro atoms. The van der Waals surface area contributed by atoms with E-state index in [-0.39, 0.29) is 0 Å². The Morgan fingerprint density at radius 2 is 2.15 bits per heavy atom. The molecule has 0 saturated heterocycles. The van der Waals surface area contributed by atoms with E-state index in [9.17, 15) is 0 Å². The second-order valence-corrected chi connectivity index (χ2v) is 3.17. The number of oxime groups is 1. The van der Waals surface area contributed by atoms with Gasteiger partial charge < -0.3 is 9.57 Å². The van der Waals surface area contributed by atoms with Crippen LogP contribution in [0, 0.1) is 0 Å². The highest BCUT2D eigenvalue weighted by Gasteiger charge is 1.98. The summed E-state index contributed by atoms with van der Waals surface area (Å²) < 4.78 is 5.98. The van der Waals surface area contributed by atoms with Gasteiger partial charge in [-0.1, -0.05) is 5.16 Å². The molecule has 1 rings (SSSR count). The standard InChI is InChI=1S/C9H10BrNO2/c1-12-9-4-3-7(5-8(9)10)6-11-13-2/h3-6H,1-2H3. The van der Waals surface area contributed by atoms with Crippen LogP contribution >= 0.6 is 15.9 Å². The Kier molecular flexibility index (Phi) is 3.76. The molecule has 0 unspecified atom stereocenters. The first-order valence-corrected chi connectivity index (χ1v) is 4.47. The first-order chi connectivity index (χ1) is 6.27. The van der Waals surface area contributed by atoms with Gasteiger partial charge in [0.2, 0.25) is 0 Å². The lowest BCUT2D eigenvalue weighted by molar-refractivity contribution is 0.215. The number of benzene rings is 1. The lowest BCUT2D eigenvalue weighted by Crippen LogP contribution is -1.87. The molecule has 4 heteroatoms. The predicted molar refractivity (Wildman–Crippen MR) is 55.3 cm³/mol. The zero-order chi connectivity index (χ0) is 9.68. The summed E-state index contributed by atoms with van der Waals surface area (Å²) in [6, 6.07) is 5.66. The number of nitrogens with zero attached hydrogens (tertiary/aromatic N) is 1. The minimum Gasteiger partial charge on any atom is -0.496 e. The van der Waals surface area contributed by atoms with Gasteiger partial charge in [-0.15, -0.1) is 0 Å². The van der Waals surface area contributed by atoms with Crippen LogP contribution in [0.5, 0.6) is 5.75 Å². The molecule has 0 N–H and O–H groups in total. The van der Waals surface area contributed by atoms with E-state index in [0.717, 1.165) is 15.8 Å². The highest BCUT2D eigenvalue weighted by Crippen LogP contribution is 2.24. The molecule has 0 aliphatic rings. The van der Waals surface area contributed by atoms with Crippen LogP contribution < -0.4 is 4.74 Å². The molecule has 0 radical (unpaired) electrons. The van der Waals surface area contributed by atoms with E-state index in [1.54, 1.807) is 13.3 Å². The molecule has 0 aliphatic carbocycles. The molecule has 1 aromatic rings. The molecular formula is C9H10BrNO2. The SMILES string of the molecule is CON=Cc1ccc(OC)c(Br)c1. The molecule has 0 saturated carbocycles. The van der Waals surface area contributed by atoms with Crippen molar-refractivity contribution in [3.8, 4) is 5.75 Å². The van der Waals surface area contributed by atoms with E-state index in [1.807, 2.05) is 18.2 Å². The first kappa shape index (κ1) is 10.1. The normalized spacial score (nSPS) is 10.4. The van der Waals surface area contributed by atoms with Crippen molar-refractivity contribution in [2.24, 2.45) is 5.16 Å². The van der Waals surface area contributed by atoms with Crippen LogP contribution in [-0.4, -0.2) is 20.4 Å². The van der Waals surface area contributed by atoms with E-state index in [4.69, 9.17) is 4.74 Å². The van der Waals surface area contributed by atoms with Gasteiger partial charge in [0.25, 0.3) is 0 Å². The molecule has 0 bridgehead atoms. The van der Waals surface area contributed by atoms with Crippen molar-refractivity contribution in [1.82, 2.24) is 0 Å². The number of ether oxygens (including phenoxy) is 1. The average molecular weight is 244 g/mol. The molecule has 0 aliphatic heterocycles. The topological polar surface area (TPSA) is 30.8 Å². The molecular weight excluding hydrogens is 234 g/mol. The highest BCUT2D eigenvalue weighted by molar-refractivity contribution is 9.10. The van der Waals surface area contributed by atoms with E-state index >= 15 is 0 Å². The van der Waals surface area contributed by atoms with Gasteiger partial charge >= 0.3 is 0 Å². The maximum Gasteiger partial charge on any atom is 0.133 e. The molecule has 0 fully saturated rings. The minimum atomic E-state index is 0.801. The molecule has 13 heavy (non-hydrogen) atoms. The summed E-state index contributed by atoms with van der Waals surface area (Å²) in [4.78, 5) is 4.57. The third-order valence-corrected chi connectivity index (χ3v) is 2.10. The molecule has 0 atom stereocenters. The maximum atomic E-state index is 5.08. The van der Waals surface area contributed by atoms with Gasteiger partial charge in [-0.2, -0.15) is 0 Å². The third kappa shape index (κ3) is 2.73. The van der Waals surface area contributed by atoms with Gasteiger partial charge in [-0.3, -0.25) is 0 Å². The van der Waals surface area contributed by atoms with Crippen LogP contribution in [-0.2, 0) is 4.84 Å². The summed E-state index contributed by atoms with van der Waals surface area (Å²) in [5, 5.41) is 3.65. The van der Waals surface area contributed by atoms with Gasteiger partial charge in [0.05, 0.1) is 17.8 Å². The highest BCUT2D eigenvalue weighted by atomic mass is 79.9. The number of hydrogen-bond acceptors (Lipinski definition) is 3. The quantitative estimate of drug-likeness (QED) is 0.604. The Labute approximate surface area is 85.5 Å². The number of rotatable bonds is 3. The Balaban J connectivity index is 2.89. The van der Waals surface area contributed by atoms with Crippen molar-refractivity contribution < 1.29 is 9.57 Å². The van der Waals surface area contributed by atoms with E-state index in [1.165, 1.54) is 7.11 Å². The summed E-state index contributed by atoms with van der Waals surface area (Å²) in [6.45, 7) is 0. The fourth-order valence-electron chi connectivity index (χ4n) is 0.876. The van der Waals surface area contributed by atoms with Crippen LogP contribution in [0.2, 0.25) is 0 Å². The van der Waals surface area contributed by atoms with E-state index in [0.29, 0.717) is 0 Å². The van der Waals surface area contributed by atoms with Crippen molar-refractivity contribution in [1.29, 1.82) is 0 Å². The molecule has 0 amide bonds. The van der Waals surface area contributed by atoms with Crippen LogP contribution in [0.4, 0.5) is 0 Å². The van der Waals surface area contributed by atoms with Gasteiger partial charge in [-0.25, -0.2) is 0 Å². The summed E-state index contributed by atoms with van der Waals surface area (Å²) in [5.74, 6) is 0.801. The predicted octanol–water partition coefficient (Wildman–Crippen LogP) is 2.44. The maximum absolute atomic E-state index is 5.08.